The molecular weight excluding hydrogens is 380 g/mol. The number of rotatable bonds is 5. The summed E-state index contributed by atoms with van der Waals surface area (Å²) in [7, 11) is 0. The summed E-state index contributed by atoms with van der Waals surface area (Å²) in [5.41, 5.74) is 1.70. The molecule has 3 heterocycles. The number of nitrogens with zero attached hydrogens (tertiary/aromatic N) is 3. The fourth-order valence-corrected chi connectivity index (χ4v) is 4.00. The van der Waals surface area contributed by atoms with Crippen LogP contribution in [0.4, 0.5) is 5.13 Å². The number of benzene rings is 1. The number of halogens is 1. The van der Waals surface area contributed by atoms with Gasteiger partial charge in [-0.2, -0.15) is 11.3 Å². The highest BCUT2D eigenvalue weighted by molar-refractivity contribution is 7.22. The summed E-state index contributed by atoms with van der Waals surface area (Å²) in [4.78, 5) is 16.5. The third-order valence-corrected chi connectivity index (χ3v) is 5.25. The highest BCUT2D eigenvalue weighted by atomic mass is 35.5. The van der Waals surface area contributed by atoms with E-state index in [2.05, 4.69) is 20.5 Å². The van der Waals surface area contributed by atoms with Crippen molar-refractivity contribution < 1.29 is 9.21 Å². The maximum absolute atomic E-state index is 12.1. The van der Waals surface area contributed by atoms with E-state index in [-0.39, 0.29) is 12.3 Å². The summed E-state index contributed by atoms with van der Waals surface area (Å²) < 4.78 is 6.50. The van der Waals surface area contributed by atoms with Crippen LogP contribution < -0.4 is 5.32 Å². The van der Waals surface area contributed by atoms with Crippen LogP contribution in [-0.2, 0) is 11.2 Å². The Labute approximate surface area is 155 Å². The SMILES string of the molecule is O=C(CCc1nnc(-c2ccsc2)o1)Nc1nc2ccc(Cl)cc2s1. The fourth-order valence-electron chi connectivity index (χ4n) is 2.21. The Kier molecular flexibility index (Phi) is 4.48. The minimum Gasteiger partial charge on any atom is -0.421 e. The summed E-state index contributed by atoms with van der Waals surface area (Å²) in [5.74, 6) is 0.757. The summed E-state index contributed by atoms with van der Waals surface area (Å²) >= 11 is 8.90. The molecule has 1 aromatic carbocycles. The minimum atomic E-state index is -0.152. The smallest absolute Gasteiger partial charge is 0.248 e. The van der Waals surface area contributed by atoms with E-state index in [1.165, 1.54) is 11.3 Å². The second kappa shape index (κ2) is 6.91. The number of carbonyl (C=O) groups is 1. The van der Waals surface area contributed by atoms with E-state index in [1.807, 2.05) is 29.0 Å². The number of hydrogen-bond donors (Lipinski definition) is 1. The summed E-state index contributed by atoms with van der Waals surface area (Å²) in [6.45, 7) is 0. The predicted octanol–water partition coefficient (Wildman–Crippen LogP) is 4.63. The number of nitrogens with one attached hydrogen (secondary N) is 1. The Bertz CT molecular complexity index is 1030. The van der Waals surface area contributed by atoms with Gasteiger partial charge in [0.05, 0.1) is 10.2 Å². The van der Waals surface area contributed by atoms with Crippen molar-refractivity contribution in [1.82, 2.24) is 15.2 Å². The molecule has 3 aromatic heterocycles. The molecule has 0 saturated heterocycles. The highest BCUT2D eigenvalue weighted by Crippen LogP contribution is 2.28. The van der Waals surface area contributed by atoms with E-state index in [9.17, 15) is 4.79 Å². The molecule has 0 unspecified atom stereocenters. The normalized spacial score (nSPS) is 11.1. The Morgan fingerprint density at radius 2 is 2.20 bits per heavy atom. The zero-order valence-electron chi connectivity index (χ0n) is 12.7. The Morgan fingerprint density at radius 1 is 1.28 bits per heavy atom. The third-order valence-electron chi connectivity index (χ3n) is 3.40. The number of anilines is 1. The van der Waals surface area contributed by atoms with Crippen molar-refractivity contribution in [2.75, 3.05) is 5.32 Å². The van der Waals surface area contributed by atoms with Gasteiger partial charge in [-0.1, -0.05) is 22.9 Å². The molecule has 0 aliphatic rings. The van der Waals surface area contributed by atoms with Crippen LogP contribution in [0.2, 0.25) is 5.02 Å². The molecule has 9 heteroatoms. The Morgan fingerprint density at radius 3 is 3.04 bits per heavy atom. The van der Waals surface area contributed by atoms with Gasteiger partial charge in [-0.25, -0.2) is 4.98 Å². The van der Waals surface area contributed by atoms with E-state index in [4.69, 9.17) is 16.0 Å². The van der Waals surface area contributed by atoms with Gasteiger partial charge in [-0.05, 0) is 29.6 Å². The number of amides is 1. The molecule has 1 amide bonds. The van der Waals surface area contributed by atoms with Crippen LogP contribution >= 0.6 is 34.3 Å². The molecule has 0 saturated carbocycles. The standard InChI is InChI=1S/C16H11ClN4O2S2/c17-10-1-2-11-12(7-10)25-16(18-11)19-13(22)3-4-14-20-21-15(23-14)9-5-6-24-8-9/h1-2,5-8H,3-4H2,(H,18,19,22). The zero-order chi connectivity index (χ0) is 17.2. The number of aromatic nitrogens is 3. The van der Waals surface area contributed by atoms with Gasteiger partial charge in [0.25, 0.3) is 0 Å². The van der Waals surface area contributed by atoms with Crippen LogP contribution in [0.25, 0.3) is 21.7 Å². The van der Waals surface area contributed by atoms with Crippen LogP contribution in [-0.4, -0.2) is 21.1 Å². The lowest BCUT2D eigenvalue weighted by Gasteiger charge is -1.98. The molecule has 0 aliphatic heterocycles. The van der Waals surface area contributed by atoms with Crippen molar-refractivity contribution in [3.8, 4) is 11.5 Å². The molecule has 0 spiro atoms. The fraction of sp³-hybridized carbons (Fsp3) is 0.125. The second-order valence-electron chi connectivity index (χ2n) is 5.19. The zero-order valence-corrected chi connectivity index (χ0v) is 15.1. The molecular formula is C16H11ClN4O2S2. The maximum Gasteiger partial charge on any atom is 0.248 e. The Balaban J connectivity index is 1.37. The van der Waals surface area contributed by atoms with E-state index < -0.39 is 0 Å². The van der Waals surface area contributed by atoms with Crippen molar-refractivity contribution in [2.24, 2.45) is 0 Å². The van der Waals surface area contributed by atoms with Gasteiger partial charge in [0, 0.05) is 28.8 Å². The third kappa shape index (κ3) is 3.71. The van der Waals surface area contributed by atoms with Crippen LogP contribution in [0.3, 0.4) is 0 Å². The molecule has 0 aliphatic carbocycles. The number of aryl methyl sites for hydroxylation is 1. The van der Waals surface area contributed by atoms with Gasteiger partial charge in [-0.3, -0.25) is 4.79 Å². The molecule has 0 fully saturated rings. The molecule has 0 bridgehead atoms. The number of thiazole rings is 1. The van der Waals surface area contributed by atoms with Gasteiger partial charge in [-0.15, -0.1) is 10.2 Å². The molecule has 126 valence electrons. The van der Waals surface area contributed by atoms with E-state index in [0.717, 1.165) is 15.8 Å². The molecule has 6 nitrogen and oxygen atoms in total. The first-order valence-corrected chi connectivity index (χ1v) is 9.52. The number of fused-ring (bicyclic) bond motifs is 1. The molecule has 4 rings (SSSR count). The summed E-state index contributed by atoms with van der Waals surface area (Å²) in [5, 5.41) is 15.8. The maximum atomic E-state index is 12.1. The van der Waals surface area contributed by atoms with Crippen molar-refractivity contribution in [2.45, 2.75) is 12.8 Å². The lowest BCUT2D eigenvalue weighted by molar-refractivity contribution is -0.116. The lowest BCUT2D eigenvalue weighted by atomic mass is 10.3. The molecule has 4 aromatic rings. The van der Waals surface area contributed by atoms with Gasteiger partial charge in [0.15, 0.2) is 5.13 Å². The van der Waals surface area contributed by atoms with Crippen LogP contribution in [0.15, 0.2) is 39.4 Å². The Hall–Kier alpha value is -2.29. The van der Waals surface area contributed by atoms with Gasteiger partial charge < -0.3 is 9.73 Å². The van der Waals surface area contributed by atoms with Crippen molar-refractivity contribution in [1.29, 1.82) is 0 Å². The first kappa shape index (κ1) is 16.2. The number of hydrogen-bond acceptors (Lipinski definition) is 7. The highest BCUT2D eigenvalue weighted by Gasteiger charge is 2.12. The molecule has 0 radical (unpaired) electrons. The minimum absolute atomic E-state index is 0.152. The van der Waals surface area contributed by atoms with Crippen LogP contribution in [0, 0.1) is 0 Å². The molecule has 1 N–H and O–H groups in total. The molecule has 0 atom stereocenters. The number of thiophene rings is 1. The lowest BCUT2D eigenvalue weighted by Crippen LogP contribution is -2.12. The first-order chi connectivity index (χ1) is 12.2. The average molecular weight is 391 g/mol. The van der Waals surface area contributed by atoms with Crippen molar-refractivity contribution >= 4 is 55.5 Å². The van der Waals surface area contributed by atoms with Gasteiger partial charge >= 0.3 is 0 Å². The van der Waals surface area contributed by atoms with E-state index in [1.54, 1.807) is 17.4 Å². The summed E-state index contributed by atoms with van der Waals surface area (Å²) in [6, 6.07) is 7.34. The summed E-state index contributed by atoms with van der Waals surface area (Å²) in [6.07, 6.45) is 0.613. The molecule has 25 heavy (non-hydrogen) atoms. The predicted molar refractivity (Wildman–Crippen MR) is 99.2 cm³/mol. The van der Waals surface area contributed by atoms with Crippen molar-refractivity contribution in [3.05, 3.63) is 45.9 Å². The topological polar surface area (TPSA) is 80.9 Å². The van der Waals surface area contributed by atoms with Crippen LogP contribution in [0.1, 0.15) is 12.3 Å². The van der Waals surface area contributed by atoms with Crippen molar-refractivity contribution in [3.63, 3.8) is 0 Å². The monoisotopic (exact) mass is 390 g/mol. The van der Waals surface area contributed by atoms with Gasteiger partial charge in [0.1, 0.15) is 0 Å². The average Bonchev–Trinajstić information content (AvgIpc) is 3.32. The van der Waals surface area contributed by atoms with E-state index in [0.29, 0.717) is 28.4 Å². The second-order valence-corrected chi connectivity index (χ2v) is 7.44. The number of carbonyl (C=O) groups excluding carboxylic acids is 1. The van der Waals surface area contributed by atoms with E-state index >= 15 is 0 Å². The first-order valence-electron chi connectivity index (χ1n) is 7.38. The quantitative estimate of drug-likeness (QED) is 0.537. The largest absolute Gasteiger partial charge is 0.421 e. The van der Waals surface area contributed by atoms with Crippen LogP contribution in [0.5, 0.6) is 0 Å². The van der Waals surface area contributed by atoms with Gasteiger partial charge in [0.2, 0.25) is 17.7 Å².